The van der Waals surface area contributed by atoms with Gasteiger partial charge in [0.05, 0.1) is 6.10 Å². The molecule has 1 aromatic rings. The van der Waals surface area contributed by atoms with Crippen LogP contribution in [-0.4, -0.2) is 18.2 Å². The third-order valence-corrected chi connectivity index (χ3v) is 3.84. The lowest BCUT2D eigenvalue weighted by Crippen LogP contribution is -2.08. The molecule has 1 aromatic carbocycles. The van der Waals surface area contributed by atoms with Crippen molar-refractivity contribution in [3.8, 4) is 5.75 Å². The minimum atomic E-state index is 0.234. The molecule has 0 aliphatic carbocycles. The zero-order chi connectivity index (χ0) is 12.7. The first-order valence-electron chi connectivity index (χ1n) is 6.48. The van der Waals surface area contributed by atoms with Gasteiger partial charge in [-0.1, -0.05) is 0 Å². The van der Waals surface area contributed by atoms with Crippen molar-refractivity contribution in [3.63, 3.8) is 0 Å². The van der Waals surface area contributed by atoms with Crippen LogP contribution < -0.4 is 9.64 Å². The van der Waals surface area contributed by atoms with Gasteiger partial charge in [-0.05, 0) is 64.8 Å². The second-order valence-electron chi connectivity index (χ2n) is 5.39. The Morgan fingerprint density at radius 3 is 2.12 bits per heavy atom. The maximum atomic E-state index is 5.82. The summed E-state index contributed by atoms with van der Waals surface area (Å²) in [6, 6.07) is 5.64. The predicted octanol–water partition coefficient (Wildman–Crippen LogP) is 3.69. The van der Waals surface area contributed by atoms with E-state index in [0.29, 0.717) is 12.1 Å². The molecule has 2 atom stereocenters. The van der Waals surface area contributed by atoms with Gasteiger partial charge in [-0.15, -0.1) is 0 Å². The lowest BCUT2D eigenvalue weighted by atomic mass is 10.1. The van der Waals surface area contributed by atoms with Gasteiger partial charge in [-0.3, -0.25) is 0 Å². The summed E-state index contributed by atoms with van der Waals surface area (Å²) in [7, 11) is 0. The zero-order valence-electron chi connectivity index (χ0n) is 11.7. The van der Waals surface area contributed by atoms with E-state index in [1.165, 1.54) is 16.8 Å². The third kappa shape index (κ3) is 2.13. The van der Waals surface area contributed by atoms with Crippen molar-refractivity contribution in [2.75, 3.05) is 4.90 Å². The molecule has 1 aliphatic rings. The van der Waals surface area contributed by atoms with Crippen LogP contribution in [0.2, 0.25) is 0 Å². The Bertz CT molecular complexity index is 417. The highest BCUT2D eigenvalue weighted by Gasteiger charge is 2.40. The number of benzene rings is 1. The monoisotopic (exact) mass is 233 g/mol. The highest BCUT2D eigenvalue weighted by molar-refractivity contribution is 5.65. The number of ether oxygens (including phenoxy) is 1. The molecule has 0 bridgehead atoms. The minimum absolute atomic E-state index is 0.234. The largest absolute Gasteiger partial charge is 0.491 e. The van der Waals surface area contributed by atoms with Crippen LogP contribution in [0.3, 0.4) is 0 Å². The number of nitrogens with zero attached hydrogens (tertiary/aromatic N) is 1. The molecule has 0 aromatic heterocycles. The van der Waals surface area contributed by atoms with Crippen LogP contribution in [0.5, 0.6) is 5.75 Å². The van der Waals surface area contributed by atoms with Crippen LogP contribution in [0, 0.1) is 13.8 Å². The van der Waals surface area contributed by atoms with Gasteiger partial charge in [0.25, 0.3) is 0 Å². The second-order valence-corrected chi connectivity index (χ2v) is 5.39. The van der Waals surface area contributed by atoms with Crippen molar-refractivity contribution in [1.29, 1.82) is 0 Å². The Labute approximate surface area is 105 Å². The molecule has 0 radical (unpaired) electrons. The van der Waals surface area contributed by atoms with E-state index in [9.17, 15) is 0 Å². The molecule has 1 saturated heterocycles. The summed E-state index contributed by atoms with van der Waals surface area (Å²) >= 11 is 0. The Kier molecular flexibility index (Phi) is 3.07. The van der Waals surface area contributed by atoms with Gasteiger partial charge in [-0.25, -0.2) is 0 Å². The van der Waals surface area contributed by atoms with Crippen LogP contribution in [0.25, 0.3) is 0 Å². The molecular formula is C15H23NO. The molecule has 1 fully saturated rings. The van der Waals surface area contributed by atoms with Crippen LogP contribution in [-0.2, 0) is 0 Å². The Morgan fingerprint density at radius 2 is 1.65 bits per heavy atom. The zero-order valence-corrected chi connectivity index (χ0v) is 11.7. The van der Waals surface area contributed by atoms with E-state index in [-0.39, 0.29) is 6.10 Å². The van der Waals surface area contributed by atoms with E-state index in [1.54, 1.807) is 0 Å². The molecule has 2 heteroatoms. The van der Waals surface area contributed by atoms with E-state index in [0.717, 1.165) is 5.75 Å². The molecule has 2 rings (SSSR count). The van der Waals surface area contributed by atoms with Gasteiger partial charge in [-0.2, -0.15) is 0 Å². The van der Waals surface area contributed by atoms with Crippen LogP contribution in [0.1, 0.15) is 38.8 Å². The van der Waals surface area contributed by atoms with Crippen LogP contribution >= 0.6 is 0 Å². The molecule has 94 valence electrons. The van der Waals surface area contributed by atoms with Crippen molar-refractivity contribution in [1.82, 2.24) is 0 Å². The Morgan fingerprint density at radius 1 is 1.06 bits per heavy atom. The van der Waals surface area contributed by atoms with Crippen LogP contribution in [0.4, 0.5) is 5.69 Å². The standard InChI is InChI=1S/C15H23NO/c1-9(2)17-15-8-7-14(10(3)11(15)4)16-12(5)13(16)6/h7-9,12-13H,1-6H3. The van der Waals surface area contributed by atoms with Gasteiger partial charge in [0, 0.05) is 17.8 Å². The Hall–Kier alpha value is -1.18. The maximum absolute atomic E-state index is 5.82. The van der Waals surface area contributed by atoms with E-state index in [4.69, 9.17) is 4.74 Å². The normalized spacial score (nSPS) is 23.1. The molecule has 0 spiro atoms. The SMILES string of the molecule is Cc1c(OC(C)C)ccc(N2C(C)C2C)c1C. The van der Waals surface area contributed by atoms with Gasteiger partial charge in [0.15, 0.2) is 0 Å². The van der Waals surface area contributed by atoms with E-state index in [2.05, 4.69) is 58.6 Å². The summed E-state index contributed by atoms with van der Waals surface area (Å²) in [5.74, 6) is 1.02. The van der Waals surface area contributed by atoms with Gasteiger partial charge in [0.2, 0.25) is 0 Å². The predicted molar refractivity (Wildman–Crippen MR) is 73.1 cm³/mol. The number of rotatable bonds is 3. The van der Waals surface area contributed by atoms with Gasteiger partial charge in [0.1, 0.15) is 5.75 Å². The average molecular weight is 233 g/mol. The molecule has 0 N–H and O–H groups in total. The fourth-order valence-electron chi connectivity index (χ4n) is 2.39. The van der Waals surface area contributed by atoms with E-state index < -0.39 is 0 Å². The fraction of sp³-hybridized carbons (Fsp3) is 0.600. The lowest BCUT2D eigenvalue weighted by Gasteiger charge is -2.17. The number of hydrogen-bond acceptors (Lipinski definition) is 2. The molecule has 1 aliphatic heterocycles. The summed E-state index contributed by atoms with van der Waals surface area (Å²) in [5.41, 5.74) is 3.97. The Balaban J connectivity index is 2.30. The van der Waals surface area contributed by atoms with Crippen molar-refractivity contribution < 1.29 is 4.74 Å². The topological polar surface area (TPSA) is 12.2 Å². The van der Waals surface area contributed by atoms with Crippen molar-refractivity contribution in [2.45, 2.75) is 59.7 Å². The minimum Gasteiger partial charge on any atom is -0.491 e. The fourth-order valence-corrected chi connectivity index (χ4v) is 2.39. The first-order valence-corrected chi connectivity index (χ1v) is 6.48. The molecule has 2 unspecified atom stereocenters. The quantitative estimate of drug-likeness (QED) is 0.738. The lowest BCUT2D eigenvalue weighted by molar-refractivity contribution is 0.240. The second kappa shape index (κ2) is 4.25. The molecule has 1 heterocycles. The number of anilines is 1. The smallest absolute Gasteiger partial charge is 0.123 e. The third-order valence-electron chi connectivity index (χ3n) is 3.84. The summed E-state index contributed by atoms with van der Waals surface area (Å²) in [6.07, 6.45) is 0.234. The molecule has 0 saturated carbocycles. The first kappa shape index (κ1) is 12.3. The van der Waals surface area contributed by atoms with Gasteiger partial charge < -0.3 is 9.64 Å². The van der Waals surface area contributed by atoms with Gasteiger partial charge >= 0.3 is 0 Å². The average Bonchev–Trinajstić information content (AvgIpc) is 2.83. The highest BCUT2D eigenvalue weighted by Crippen LogP contribution is 2.39. The molecule has 2 nitrogen and oxygen atoms in total. The van der Waals surface area contributed by atoms with E-state index >= 15 is 0 Å². The summed E-state index contributed by atoms with van der Waals surface area (Å²) in [5, 5.41) is 0. The van der Waals surface area contributed by atoms with Crippen LogP contribution in [0.15, 0.2) is 12.1 Å². The number of hydrogen-bond donors (Lipinski definition) is 0. The van der Waals surface area contributed by atoms with Crippen molar-refractivity contribution >= 4 is 5.69 Å². The van der Waals surface area contributed by atoms with Crippen molar-refractivity contribution in [2.24, 2.45) is 0 Å². The van der Waals surface area contributed by atoms with Crippen molar-refractivity contribution in [3.05, 3.63) is 23.3 Å². The summed E-state index contributed by atoms with van der Waals surface area (Å²) in [6.45, 7) is 13.0. The molecule has 17 heavy (non-hydrogen) atoms. The molecule has 0 amide bonds. The summed E-state index contributed by atoms with van der Waals surface area (Å²) in [4.78, 5) is 2.46. The maximum Gasteiger partial charge on any atom is 0.123 e. The molecular weight excluding hydrogens is 210 g/mol. The van der Waals surface area contributed by atoms with E-state index in [1.807, 2.05) is 0 Å². The summed E-state index contributed by atoms with van der Waals surface area (Å²) < 4.78 is 5.82. The highest BCUT2D eigenvalue weighted by atomic mass is 16.5. The first-order chi connectivity index (χ1) is 7.93.